The average Bonchev–Trinajstić information content (AvgIpc) is 2.33. The summed E-state index contributed by atoms with van der Waals surface area (Å²) in [7, 11) is 0. The minimum atomic E-state index is -5.88. The Morgan fingerprint density at radius 3 is 2.00 bits per heavy atom. The van der Waals surface area contributed by atoms with Gasteiger partial charge in [0.25, 0.3) is 0 Å². The Balaban J connectivity index is 3.09. The molecule has 0 amide bonds. The summed E-state index contributed by atoms with van der Waals surface area (Å²) in [4.78, 5) is 10.8. The van der Waals surface area contributed by atoms with Crippen molar-refractivity contribution in [3.63, 3.8) is 0 Å². The van der Waals surface area contributed by atoms with Crippen molar-refractivity contribution in [3.8, 4) is 0 Å². The number of benzene rings is 1. The Bertz CT molecular complexity index is 564. The molecule has 0 aromatic heterocycles. The molecule has 0 aliphatic rings. The van der Waals surface area contributed by atoms with Crippen LogP contribution in [0.2, 0.25) is 0 Å². The first kappa shape index (κ1) is 18.0. The van der Waals surface area contributed by atoms with E-state index in [-0.39, 0.29) is 6.07 Å². The van der Waals surface area contributed by atoms with E-state index in [2.05, 4.69) is 0 Å². The monoisotopic (exact) mass is 337 g/mol. The minimum absolute atomic E-state index is 0.135. The van der Waals surface area contributed by atoms with Crippen molar-refractivity contribution >= 4 is 11.7 Å². The number of carboxylic acid groups (broad SMARTS) is 1. The number of hydrogen-bond donors (Lipinski definition) is 2. The summed E-state index contributed by atoms with van der Waals surface area (Å²) in [6, 6.07) is 0.968. The van der Waals surface area contributed by atoms with E-state index < -0.39 is 47.6 Å². The van der Waals surface area contributed by atoms with Gasteiger partial charge in [0.1, 0.15) is 0 Å². The van der Waals surface area contributed by atoms with Crippen LogP contribution in [-0.4, -0.2) is 29.7 Å². The molecule has 1 aromatic carbocycles. The lowest BCUT2D eigenvalue weighted by molar-refractivity contribution is -0.275. The Hall–Kier alpha value is -2.07. The predicted octanol–water partition coefficient (Wildman–Crippen LogP) is 4.01. The molecule has 0 unspecified atom stereocenters. The van der Waals surface area contributed by atoms with Gasteiger partial charge in [-0.1, -0.05) is 0 Å². The van der Waals surface area contributed by atoms with E-state index in [1.54, 1.807) is 0 Å². The fraction of sp³-hybridized carbons (Fsp3) is 0.364. The van der Waals surface area contributed by atoms with Crippen LogP contribution in [0.3, 0.4) is 0 Å². The summed E-state index contributed by atoms with van der Waals surface area (Å²) in [5.74, 6) is -7.09. The zero-order valence-electron chi connectivity index (χ0n) is 10.3. The normalized spacial score (nSPS) is 13.1. The molecule has 0 bridgehead atoms. The fourth-order valence-corrected chi connectivity index (χ4v) is 1.36. The number of halogens is 8. The summed E-state index contributed by atoms with van der Waals surface area (Å²) in [6.07, 6.45) is -10.8. The van der Waals surface area contributed by atoms with Gasteiger partial charge in [-0.25, -0.2) is 4.79 Å². The largest absolute Gasteiger partial charge is 0.478 e. The number of carboxylic acids is 1. The van der Waals surface area contributed by atoms with Crippen molar-refractivity contribution in [3.05, 3.63) is 29.3 Å². The first-order valence-electron chi connectivity index (χ1n) is 5.38. The topological polar surface area (TPSA) is 49.3 Å². The third-order valence-electron chi connectivity index (χ3n) is 2.49. The summed E-state index contributed by atoms with van der Waals surface area (Å²) in [5, 5.41) is 10.2. The fourth-order valence-electron chi connectivity index (χ4n) is 1.36. The van der Waals surface area contributed by atoms with E-state index in [1.165, 1.54) is 5.32 Å². The minimum Gasteiger partial charge on any atom is -0.478 e. The summed E-state index contributed by atoms with van der Waals surface area (Å²) in [6.45, 7) is -2.01. The van der Waals surface area contributed by atoms with Gasteiger partial charge in [0.05, 0.1) is 17.7 Å². The summed E-state index contributed by atoms with van der Waals surface area (Å²) < 4.78 is 98.5. The van der Waals surface area contributed by atoms with Crippen LogP contribution in [0.1, 0.15) is 15.9 Å². The van der Waals surface area contributed by atoms with Crippen LogP contribution in [0.5, 0.6) is 0 Å². The van der Waals surface area contributed by atoms with Crippen LogP contribution in [0.15, 0.2) is 18.2 Å². The second kappa shape index (κ2) is 5.61. The number of carbonyl (C=O) groups is 1. The van der Waals surface area contributed by atoms with Gasteiger partial charge in [-0.05, 0) is 18.2 Å². The van der Waals surface area contributed by atoms with Gasteiger partial charge in [0, 0.05) is 5.69 Å². The van der Waals surface area contributed by atoms with Gasteiger partial charge in [-0.15, -0.1) is 0 Å². The van der Waals surface area contributed by atoms with Crippen LogP contribution < -0.4 is 5.32 Å². The van der Waals surface area contributed by atoms with E-state index in [0.717, 1.165) is 0 Å². The van der Waals surface area contributed by atoms with E-state index in [1.807, 2.05) is 0 Å². The third kappa shape index (κ3) is 3.98. The number of aromatic carboxylic acids is 1. The summed E-state index contributed by atoms with van der Waals surface area (Å²) >= 11 is 0. The van der Waals surface area contributed by atoms with Crippen molar-refractivity contribution in [2.45, 2.75) is 18.3 Å². The molecule has 1 rings (SSSR count). The van der Waals surface area contributed by atoms with Crippen LogP contribution in [-0.2, 0) is 6.18 Å². The van der Waals surface area contributed by atoms with Gasteiger partial charge in [0.2, 0.25) is 0 Å². The van der Waals surface area contributed by atoms with E-state index in [9.17, 15) is 39.9 Å². The summed E-state index contributed by atoms with van der Waals surface area (Å²) in [5.41, 5.74) is -3.24. The molecule has 2 N–H and O–H groups in total. The molecule has 0 radical (unpaired) electrons. The SMILES string of the molecule is O=C(O)c1cc(C(F)(F)F)ccc1NCC(F)(F)C(F)(F)F. The smallest absolute Gasteiger partial charge is 0.455 e. The van der Waals surface area contributed by atoms with Crippen molar-refractivity contribution in [2.24, 2.45) is 0 Å². The maximum Gasteiger partial charge on any atom is 0.455 e. The average molecular weight is 337 g/mol. The molecule has 11 heteroatoms. The molecule has 0 fully saturated rings. The molecule has 22 heavy (non-hydrogen) atoms. The number of nitrogens with one attached hydrogen (secondary N) is 1. The maximum absolute atomic E-state index is 12.7. The highest BCUT2D eigenvalue weighted by Gasteiger charge is 2.57. The van der Waals surface area contributed by atoms with Crippen molar-refractivity contribution in [2.75, 3.05) is 11.9 Å². The number of alkyl halides is 8. The molecule has 0 spiro atoms. The van der Waals surface area contributed by atoms with Crippen LogP contribution >= 0.6 is 0 Å². The number of anilines is 1. The zero-order chi connectivity index (χ0) is 17.3. The highest BCUT2D eigenvalue weighted by Crippen LogP contribution is 2.36. The third-order valence-corrected chi connectivity index (χ3v) is 2.49. The van der Waals surface area contributed by atoms with Crippen LogP contribution in [0, 0.1) is 0 Å². The first-order chi connectivity index (χ1) is 9.75. The van der Waals surface area contributed by atoms with Gasteiger partial charge in [0.15, 0.2) is 0 Å². The van der Waals surface area contributed by atoms with Gasteiger partial charge >= 0.3 is 24.2 Å². The van der Waals surface area contributed by atoms with Gasteiger partial charge < -0.3 is 10.4 Å². The Morgan fingerprint density at radius 1 is 1.05 bits per heavy atom. The zero-order valence-corrected chi connectivity index (χ0v) is 10.3. The second-order valence-corrected chi connectivity index (χ2v) is 4.12. The molecule has 124 valence electrons. The molecule has 0 atom stereocenters. The van der Waals surface area contributed by atoms with Crippen LogP contribution in [0.4, 0.5) is 40.8 Å². The van der Waals surface area contributed by atoms with Crippen LogP contribution in [0.25, 0.3) is 0 Å². The van der Waals surface area contributed by atoms with E-state index in [0.29, 0.717) is 12.1 Å². The molecule has 0 aliphatic carbocycles. The molecule has 0 aliphatic heterocycles. The lowest BCUT2D eigenvalue weighted by atomic mass is 10.1. The molecule has 0 heterocycles. The van der Waals surface area contributed by atoms with Crippen molar-refractivity contribution < 1.29 is 45.0 Å². The highest BCUT2D eigenvalue weighted by atomic mass is 19.4. The Morgan fingerprint density at radius 2 is 1.59 bits per heavy atom. The molecular weight excluding hydrogens is 330 g/mol. The van der Waals surface area contributed by atoms with Crippen molar-refractivity contribution in [1.29, 1.82) is 0 Å². The predicted molar refractivity (Wildman–Crippen MR) is 57.9 cm³/mol. The van der Waals surface area contributed by atoms with Gasteiger partial charge in [-0.3, -0.25) is 0 Å². The highest BCUT2D eigenvalue weighted by molar-refractivity contribution is 5.94. The Labute approximate surface area is 117 Å². The molecule has 3 nitrogen and oxygen atoms in total. The number of hydrogen-bond acceptors (Lipinski definition) is 2. The number of rotatable bonds is 4. The van der Waals surface area contributed by atoms with E-state index in [4.69, 9.17) is 5.11 Å². The lowest BCUT2D eigenvalue weighted by Crippen LogP contribution is -2.42. The Kier molecular flexibility index (Phi) is 4.59. The van der Waals surface area contributed by atoms with Crippen molar-refractivity contribution in [1.82, 2.24) is 0 Å². The standard InChI is InChI=1S/C11H7F8NO2/c12-9(13,11(17,18)19)4-20-7-2-1-5(10(14,15)16)3-6(7)8(21)22/h1-3,20H,4H2,(H,21,22). The molecule has 0 saturated carbocycles. The van der Waals surface area contributed by atoms with Gasteiger partial charge in [-0.2, -0.15) is 35.1 Å². The molecule has 0 saturated heterocycles. The molecule has 1 aromatic rings. The second-order valence-electron chi connectivity index (χ2n) is 4.12. The first-order valence-corrected chi connectivity index (χ1v) is 5.38. The quantitative estimate of drug-likeness (QED) is 0.816. The molecular formula is C11H7F8NO2. The van der Waals surface area contributed by atoms with E-state index >= 15 is 0 Å². The maximum atomic E-state index is 12.7. The lowest BCUT2D eigenvalue weighted by Gasteiger charge is -2.21.